The molecule has 196 valence electrons. The summed E-state index contributed by atoms with van der Waals surface area (Å²) in [4.78, 5) is 23.9. The van der Waals surface area contributed by atoms with Gasteiger partial charge in [0.2, 0.25) is 0 Å². The monoisotopic (exact) mass is 530 g/mol. The van der Waals surface area contributed by atoms with E-state index in [2.05, 4.69) is 0 Å². The summed E-state index contributed by atoms with van der Waals surface area (Å²) in [5.74, 6) is -3.36. The number of aromatic carboxylic acids is 1. The van der Waals surface area contributed by atoms with Crippen LogP contribution in [0.2, 0.25) is 0 Å². The lowest BCUT2D eigenvalue weighted by atomic mass is 10.1. The molecule has 0 aromatic heterocycles. The van der Waals surface area contributed by atoms with Crippen LogP contribution in [0.4, 0.5) is 13.2 Å². The lowest BCUT2D eigenvalue weighted by molar-refractivity contribution is 0.0696. The maximum Gasteiger partial charge on any atom is 0.335 e. The number of ether oxygens (including phenoxy) is 2. The number of ketones is 1. The molecule has 0 aliphatic heterocycles. The van der Waals surface area contributed by atoms with E-state index in [9.17, 15) is 22.8 Å². The highest BCUT2D eigenvalue weighted by molar-refractivity contribution is 6.15. The minimum Gasteiger partial charge on any atom is -0.489 e. The molecule has 4 aromatic rings. The van der Waals surface area contributed by atoms with Gasteiger partial charge in [0.25, 0.3) is 0 Å². The second kappa shape index (κ2) is 10.9. The summed E-state index contributed by atoms with van der Waals surface area (Å²) in [6, 6.07) is 19.7. The van der Waals surface area contributed by atoms with Crippen molar-refractivity contribution in [3.8, 4) is 11.5 Å². The average Bonchev–Trinajstić information content (AvgIpc) is 3.24. The third kappa shape index (κ3) is 5.85. The largest absolute Gasteiger partial charge is 0.489 e. The minimum atomic E-state index is -1.26. The Labute approximate surface area is 221 Å². The third-order valence-electron chi connectivity index (χ3n) is 6.30. The topological polar surface area (TPSA) is 72.8 Å². The minimum absolute atomic E-state index is 0.0741. The van der Waals surface area contributed by atoms with Crippen molar-refractivity contribution in [3.05, 3.63) is 135 Å². The number of hydrogen-bond acceptors (Lipinski definition) is 4. The standard InChI is InChI=1S/C31H21F3O5/c32-27-15-29(34)28(33)14-23(27)17-39-24-7-3-18(4-8-24)11-22-12-21-13-25(9-10-26(21)30(22)35)38-16-19-1-5-20(6-2-19)31(36)37/h1-11,13-15H,12,16-17H2,(H,36,37)/b22-11+. The van der Waals surface area contributed by atoms with Crippen molar-refractivity contribution in [2.75, 3.05) is 0 Å². The molecule has 0 saturated heterocycles. The molecule has 0 fully saturated rings. The number of rotatable bonds is 8. The molecule has 39 heavy (non-hydrogen) atoms. The second-order valence-electron chi connectivity index (χ2n) is 9.00. The van der Waals surface area contributed by atoms with E-state index < -0.39 is 23.4 Å². The molecule has 0 saturated carbocycles. The molecule has 0 atom stereocenters. The first kappa shape index (κ1) is 25.8. The van der Waals surface area contributed by atoms with Crippen LogP contribution in [0.15, 0.2) is 84.4 Å². The predicted octanol–water partition coefficient (Wildman–Crippen LogP) is 6.78. The fraction of sp³-hybridized carbons (Fsp3) is 0.0968. The van der Waals surface area contributed by atoms with Gasteiger partial charge in [-0.25, -0.2) is 18.0 Å². The molecule has 0 spiro atoms. The van der Waals surface area contributed by atoms with Gasteiger partial charge in [0.1, 0.15) is 30.5 Å². The van der Waals surface area contributed by atoms with Crippen LogP contribution in [-0.2, 0) is 19.6 Å². The van der Waals surface area contributed by atoms with E-state index in [-0.39, 0.29) is 30.1 Å². The number of Topliss-reactive ketones (excluding diaryl/α,β-unsaturated/α-hetero) is 1. The number of carboxylic acid groups (broad SMARTS) is 1. The molecule has 0 bridgehead atoms. The number of carbonyl (C=O) groups excluding carboxylic acids is 1. The van der Waals surface area contributed by atoms with Crippen LogP contribution in [0.25, 0.3) is 6.08 Å². The van der Waals surface area contributed by atoms with Gasteiger partial charge in [-0.05, 0) is 71.3 Å². The van der Waals surface area contributed by atoms with E-state index in [0.717, 1.165) is 22.8 Å². The summed E-state index contributed by atoms with van der Waals surface area (Å²) < 4.78 is 51.6. The van der Waals surface area contributed by atoms with Crippen LogP contribution in [0.1, 0.15) is 43.0 Å². The Morgan fingerprint density at radius 2 is 1.46 bits per heavy atom. The zero-order valence-corrected chi connectivity index (χ0v) is 20.4. The Bertz CT molecular complexity index is 1590. The Morgan fingerprint density at radius 3 is 2.18 bits per heavy atom. The first-order chi connectivity index (χ1) is 18.8. The lowest BCUT2D eigenvalue weighted by Crippen LogP contribution is -2.01. The van der Waals surface area contributed by atoms with Gasteiger partial charge in [-0.15, -0.1) is 0 Å². The first-order valence-electron chi connectivity index (χ1n) is 12.0. The summed E-state index contributed by atoms with van der Waals surface area (Å²) in [6.45, 7) is -0.0121. The van der Waals surface area contributed by atoms with Gasteiger partial charge in [0, 0.05) is 29.2 Å². The Kier molecular flexibility index (Phi) is 7.19. The number of carbonyl (C=O) groups is 2. The Morgan fingerprint density at radius 1 is 0.795 bits per heavy atom. The number of halogens is 3. The zero-order chi connectivity index (χ0) is 27.5. The van der Waals surface area contributed by atoms with Crippen molar-refractivity contribution in [2.24, 2.45) is 0 Å². The van der Waals surface area contributed by atoms with Gasteiger partial charge in [-0.1, -0.05) is 24.3 Å². The number of carboxylic acids is 1. The molecule has 0 radical (unpaired) electrons. The highest BCUT2D eigenvalue weighted by Gasteiger charge is 2.25. The fourth-order valence-electron chi connectivity index (χ4n) is 4.21. The molecule has 0 amide bonds. The molecule has 8 heteroatoms. The van der Waals surface area contributed by atoms with Crippen LogP contribution in [0.3, 0.4) is 0 Å². The highest BCUT2D eigenvalue weighted by Crippen LogP contribution is 2.31. The first-order valence-corrected chi connectivity index (χ1v) is 12.0. The van der Waals surface area contributed by atoms with Crippen LogP contribution in [0, 0.1) is 17.5 Å². The molecule has 0 unspecified atom stereocenters. The molecule has 1 aliphatic rings. The smallest absolute Gasteiger partial charge is 0.335 e. The van der Waals surface area contributed by atoms with Crippen LogP contribution >= 0.6 is 0 Å². The number of allylic oxidation sites excluding steroid dienone is 1. The number of hydrogen-bond donors (Lipinski definition) is 1. The van der Waals surface area contributed by atoms with E-state index in [1.807, 2.05) is 6.07 Å². The summed E-state index contributed by atoms with van der Waals surface area (Å²) in [5.41, 5.74) is 3.75. The maximum atomic E-state index is 13.8. The molecule has 1 N–H and O–H groups in total. The summed E-state index contributed by atoms with van der Waals surface area (Å²) in [6.07, 6.45) is 2.22. The third-order valence-corrected chi connectivity index (χ3v) is 6.30. The van der Waals surface area contributed by atoms with Gasteiger partial charge in [-0.2, -0.15) is 0 Å². The van der Waals surface area contributed by atoms with Crippen molar-refractivity contribution < 1.29 is 37.3 Å². The van der Waals surface area contributed by atoms with Gasteiger partial charge in [0.15, 0.2) is 17.4 Å². The fourth-order valence-corrected chi connectivity index (χ4v) is 4.21. The maximum absolute atomic E-state index is 13.8. The van der Waals surface area contributed by atoms with E-state index in [4.69, 9.17) is 14.6 Å². The molecular weight excluding hydrogens is 509 g/mol. The summed E-state index contributed by atoms with van der Waals surface area (Å²) >= 11 is 0. The van der Waals surface area contributed by atoms with Crippen molar-refractivity contribution in [2.45, 2.75) is 19.6 Å². The van der Waals surface area contributed by atoms with E-state index in [1.165, 1.54) is 12.1 Å². The van der Waals surface area contributed by atoms with Crippen LogP contribution in [-0.4, -0.2) is 16.9 Å². The second-order valence-corrected chi connectivity index (χ2v) is 9.00. The van der Waals surface area contributed by atoms with E-state index in [1.54, 1.807) is 54.6 Å². The quantitative estimate of drug-likeness (QED) is 0.201. The van der Waals surface area contributed by atoms with E-state index >= 15 is 0 Å². The average molecular weight is 530 g/mol. The molecule has 5 rings (SSSR count). The van der Waals surface area contributed by atoms with Crippen molar-refractivity contribution in [1.82, 2.24) is 0 Å². The van der Waals surface area contributed by atoms with Crippen LogP contribution < -0.4 is 9.47 Å². The molecule has 0 heterocycles. The zero-order valence-electron chi connectivity index (χ0n) is 20.4. The molecule has 4 aromatic carbocycles. The molecule has 5 nitrogen and oxygen atoms in total. The number of fused-ring (bicyclic) bond motifs is 1. The number of benzene rings is 4. The van der Waals surface area contributed by atoms with Crippen molar-refractivity contribution in [1.29, 1.82) is 0 Å². The van der Waals surface area contributed by atoms with Gasteiger partial charge < -0.3 is 14.6 Å². The highest BCUT2D eigenvalue weighted by atomic mass is 19.2. The van der Waals surface area contributed by atoms with Gasteiger partial charge >= 0.3 is 5.97 Å². The summed E-state index contributed by atoms with van der Waals surface area (Å²) in [7, 11) is 0. The summed E-state index contributed by atoms with van der Waals surface area (Å²) in [5, 5.41) is 9.00. The van der Waals surface area contributed by atoms with Gasteiger partial charge in [0.05, 0.1) is 5.56 Å². The molecule has 1 aliphatic carbocycles. The molecular formula is C31H21F3O5. The van der Waals surface area contributed by atoms with E-state index in [0.29, 0.717) is 35.1 Å². The Hall–Kier alpha value is -4.85. The normalized spacial score (nSPS) is 13.4. The predicted molar refractivity (Wildman–Crippen MR) is 137 cm³/mol. The Balaban J connectivity index is 1.21. The lowest BCUT2D eigenvalue weighted by Gasteiger charge is -2.08. The van der Waals surface area contributed by atoms with Crippen molar-refractivity contribution in [3.63, 3.8) is 0 Å². The van der Waals surface area contributed by atoms with Gasteiger partial charge in [-0.3, -0.25) is 4.79 Å². The van der Waals surface area contributed by atoms with Crippen LogP contribution in [0.5, 0.6) is 11.5 Å². The SMILES string of the molecule is O=C(O)c1ccc(COc2ccc3c(c2)C/C(=C\c2ccc(OCc4cc(F)c(F)cc4F)cc2)C3=O)cc1. The van der Waals surface area contributed by atoms with Crippen molar-refractivity contribution >= 4 is 17.8 Å².